The predicted octanol–water partition coefficient (Wildman–Crippen LogP) is 2.75. The van der Waals surface area contributed by atoms with Crippen LogP contribution >= 0.6 is 0 Å². The van der Waals surface area contributed by atoms with E-state index in [9.17, 15) is 10.1 Å². The minimum Gasteiger partial charge on any atom is -0.336 e. The van der Waals surface area contributed by atoms with E-state index in [0.717, 1.165) is 17.7 Å². The molecule has 3 aromatic rings. The number of hydrogen-bond donors (Lipinski definition) is 1. The van der Waals surface area contributed by atoms with Crippen molar-refractivity contribution in [3.63, 3.8) is 0 Å². The van der Waals surface area contributed by atoms with Crippen molar-refractivity contribution < 1.29 is 4.79 Å². The van der Waals surface area contributed by atoms with Crippen LogP contribution in [0.5, 0.6) is 0 Å². The number of nitrogens with zero attached hydrogens (tertiary/aromatic N) is 4. The molecule has 0 saturated heterocycles. The first kappa shape index (κ1) is 16.0. The lowest BCUT2D eigenvalue weighted by atomic mass is 10.1. The van der Waals surface area contributed by atoms with Crippen LogP contribution in [0.15, 0.2) is 67.3 Å². The zero-order valence-electron chi connectivity index (χ0n) is 14.0. The lowest BCUT2D eigenvalue weighted by Gasteiger charge is -2.09. The number of aromatic nitrogens is 3. The number of rotatable bonds is 5. The maximum atomic E-state index is 12.5. The van der Waals surface area contributed by atoms with E-state index in [-0.39, 0.29) is 17.7 Å². The van der Waals surface area contributed by atoms with Crippen molar-refractivity contribution >= 4 is 5.91 Å². The smallest absolute Gasteiger partial charge is 0.225 e. The molecule has 128 valence electrons. The Morgan fingerprint density at radius 2 is 2.08 bits per heavy atom. The van der Waals surface area contributed by atoms with Gasteiger partial charge in [0.15, 0.2) is 0 Å². The molecule has 0 aliphatic heterocycles. The topological polar surface area (TPSA) is 83.6 Å². The monoisotopic (exact) mass is 343 g/mol. The van der Waals surface area contributed by atoms with Crippen LogP contribution in [0.4, 0.5) is 0 Å². The molecule has 0 bridgehead atoms. The summed E-state index contributed by atoms with van der Waals surface area (Å²) in [5.41, 5.74) is 2.64. The molecule has 6 heteroatoms. The van der Waals surface area contributed by atoms with E-state index < -0.39 is 6.04 Å². The Hall–Kier alpha value is -3.46. The van der Waals surface area contributed by atoms with Crippen LogP contribution in [-0.2, 0) is 4.79 Å². The summed E-state index contributed by atoms with van der Waals surface area (Å²) in [6.07, 6.45) is 7.70. The van der Waals surface area contributed by atoms with Crippen molar-refractivity contribution in [1.29, 1.82) is 5.26 Å². The lowest BCUT2D eigenvalue weighted by molar-refractivity contribution is -0.122. The number of pyridine rings is 1. The van der Waals surface area contributed by atoms with E-state index in [1.165, 1.54) is 0 Å². The number of carbonyl (C=O) groups is 1. The Balaban J connectivity index is 1.43. The highest BCUT2D eigenvalue weighted by Gasteiger charge is 2.44. The van der Waals surface area contributed by atoms with Crippen LogP contribution in [0.25, 0.3) is 5.69 Å². The van der Waals surface area contributed by atoms with E-state index in [0.29, 0.717) is 5.56 Å². The van der Waals surface area contributed by atoms with Crippen molar-refractivity contribution in [1.82, 2.24) is 20.1 Å². The standard InChI is InChI=1S/C20H17N5O/c21-10-19(15-12-23-25(13-15)16-6-2-1-3-7-16)24-20(26)18-9-17(18)14-5-4-8-22-11-14/h1-8,11-13,17-19H,9H2,(H,24,26)/t17-,18+,19-/m0/s1. The van der Waals surface area contributed by atoms with Gasteiger partial charge in [-0.3, -0.25) is 9.78 Å². The summed E-state index contributed by atoms with van der Waals surface area (Å²) in [6.45, 7) is 0. The third-order valence-corrected chi connectivity index (χ3v) is 4.61. The van der Waals surface area contributed by atoms with Gasteiger partial charge in [-0.05, 0) is 36.1 Å². The number of nitriles is 1. The number of para-hydroxylation sites is 1. The number of hydrogen-bond acceptors (Lipinski definition) is 4. The van der Waals surface area contributed by atoms with Gasteiger partial charge in [-0.15, -0.1) is 0 Å². The van der Waals surface area contributed by atoms with Gasteiger partial charge in [0, 0.05) is 30.1 Å². The Kier molecular flexibility index (Phi) is 4.20. The lowest BCUT2D eigenvalue weighted by Crippen LogP contribution is -2.29. The SMILES string of the molecule is N#C[C@H](NC(=O)[C@@H]1C[C@H]1c1cccnc1)c1cnn(-c2ccccc2)c1. The van der Waals surface area contributed by atoms with Crippen molar-refractivity contribution in [2.24, 2.45) is 5.92 Å². The molecule has 4 rings (SSSR count). The van der Waals surface area contributed by atoms with E-state index in [1.54, 1.807) is 29.5 Å². The maximum Gasteiger partial charge on any atom is 0.225 e. The van der Waals surface area contributed by atoms with Gasteiger partial charge in [-0.2, -0.15) is 10.4 Å². The molecule has 2 heterocycles. The second-order valence-corrected chi connectivity index (χ2v) is 6.36. The predicted molar refractivity (Wildman–Crippen MR) is 95.1 cm³/mol. The summed E-state index contributed by atoms with van der Waals surface area (Å²) in [5, 5.41) is 16.6. The molecular weight excluding hydrogens is 326 g/mol. The van der Waals surface area contributed by atoms with Crippen LogP contribution in [0, 0.1) is 17.2 Å². The van der Waals surface area contributed by atoms with E-state index in [4.69, 9.17) is 0 Å². The molecule has 1 fully saturated rings. The van der Waals surface area contributed by atoms with Crippen LogP contribution in [0.1, 0.15) is 29.5 Å². The number of nitrogens with one attached hydrogen (secondary N) is 1. The van der Waals surface area contributed by atoms with Crippen LogP contribution in [0.3, 0.4) is 0 Å². The zero-order chi connectivity index (χ0) is 17.9. The van der Waals surface area contributed by atoms with E-state index in [1.807, 2.05) is 42.5 Å². The summed E-state index contributed by atoms with van der Waals surface area (Å²) < 4.78 is 1.70. The van der Waals surface area contributed by atoms with Gasteiger partial charge >= 0.3 is 0 Å². The van der Waals surface area contributed by atoms with Crippen LogP contribution in [-0.4, -0.2) is 20.7 Å². The highest BCUT2D eigenvalue weighted by Crippen LogP contribution is 2.47. The largest absolute Gasteiger partial charge is 0.336 e. The van der Waals surface area contributed by atoms with Gasteiger partial charge in [-0.1, -0.05) is 24.3 Å². The van der Waals surface area contributed by atoms with Gasteiger partial charge in [0.05, 0.1) is 18.0 Å². The number of carbonyl (C=O) groups excluding carboxylic acids is 1. The van der Waals surface area contributed by atoms with Crippen LogP contribution in [0.2, 0.25) is 0 Å². The third-order valence-electron chi connectivity index (χ3n) is 4.61. The van der Waals surface area contributed by atoms with Crippen molar-refractivity contribution in [2.75, 3.05) is 0 Å². The summed E-state index contributed by atoms with van der Waals surface area (Å²) in [6, 6.07) is 14.9. The second kappa shape index (κ2) is 6.81. The summed E-state index contributed by atoms with van der Waals surface area (Å²) in [4.78, 5) is 16.6. The first-order valence-electron chi connectivity index (χ1n) is 8.46. The Labute approximate surface area is 151 Å². The van der Waals surface area contributed by atoms with Gasteiger partial charge in [0.25, 0.3) is 0 Å². The molecule has 0 unspecified atom stereocenters. The fraction of sp³-hybridized carbons (Fsp3) is 0.200. The Morgan fingerprint density at radius 1 is 1.23 bits per heavy atom. The van der Waals surface area contributed by atoms with Crippen molar-refractivity contribution in [3.8, 4) is 11.8 Å². The maximum absolute atomic E-state index is 12.5. The first-order chi connectivity index (χ1) is 12.8. The summed E-state index contributed by atoms with van der Waals surface area (Å²) in [5.74, 6) is -0.00725. The molecule has 1 aliphatic carbocycles. The molecule has 3 atom stereocenters. The molecule has 1 amide bonds. The second-order valence-electron chi connectivity index (χ2n) is 6.36. The molecule has 0 radical (unpaired) electrons. The molecule has 6 nitrogen and oxygen atoms in total. The van der Waals surface area contributed by atoms with Gasteiger partial charge < -0.3 is 5.32 Å². The molecular formula is C20H17N5O. The molecule has 1 N–H and O–H groups in total. The van der Waals surface area contributed by atoms with E-state index in [2.05, 4.69) is 21.5 Å². The highest BCUT2D eigenvalue weighted by atomic mass is 16.2. The minimum atomic E-state index is -0.713. The molecule has 2 aromatic heterocycles. The quantitative estimate of drug-likeness (QED) is 0.772. The Bertz CT molecular complexity index is 945. The van der Waals surface area contributed by atoms with Crippen LogP contribution < -0.4 is 5.32 Å². The van der Waals surface area contributed by atoms with Gasteiger partial charge in [-0.25, -0.2) is 4.68 Å². The summed E-state index contributed by atoms with van der Waals surface area (Å²) >= 11 is 0. The molecule has 1 saturated carbocycles. The van der Waals surface area contributed by atoms with Crippen molar-refractivity contribution in [2.45, 2.75) is 18.4 Å². The third kappa shape index (κ3) is 3.20. The van der Waals surface area contributed by atoms with Crippen molar-refractivity contribution in [3.05, 3.63) is 78.4 Å². The molecule has 26 heavy (non-hydrogen) atoms. The minimum absolute atomic E-state index is 0.0979. The van der Waals surface area contributed by atoms with E-state index >= 15 is 0 Å². The summed E-state index contributed by atoms with van der Waals surface area (Å²) in [7, 11) is 0. The average Bonchev–Trinajstić information content (AvgIpc) is 3.36. The number of amides is 1. The first-order valence-corrected chi connectivity index (χ1v) is 8.46. The average molecular weight is 343 g/mol. The van der Waals surface area contributed by atoms with Gasteiger partial charge in [0.1, 0.15) is 6.04 Å². The number of benzene rings is 1. The highest BCUT2D eigenvalue weighted by molar-refractivity contribution is 5.83. The van der Waals surface area contributed by atoms with Gasteiger partial charge in [0.2, 0.25) is 5.91 Å². The zero-order valence-corrected chi connectivity index (χ0v) is 14.0. The molecule has 0 spiro atoms. The molecule has 1 aromatic carbocycles. The fourth-order valence-corrected chi connectivity index (χ4v) is 3.10. The Morgan fingerprint density at radius 3 is 2.81 bits per heavy atom. The molecule has 1 aliphatic rings. The normalized spacial score (nSPS) is 19.3. The fourth-order valence-electron chi connectivity index (χ4n) is 3.10.